The molecule has 1 atom stereocenters. The lowest BCUT2D eigenvalue weighted by Gasteiger charge is -2.18. The molecule has 5 nitrogen and oxygen atoms in total. The van der Waals surface area contributed by atoms with Crippen molar-refractivity contribution in [1.29, 1.82) is 5.26 Å². The second kappa shape index (κ2) is 7.54. The summed E-state index contributed by atoms with van der Waals surface area (Å²) >= 11 is 5.79. The van der Waals surface area contributed by atoms with Crippen LogP contribution in [-0.4, -0.2) is 18.4 Å². The molecule has 1 unspecified atom stereocenters. The molecule has 0 aliphatic carbocycles. The summed E-state index contributed by atoms with van der Waals surface area (Å²) in [4.78, 5) is 26.4. The van der Waals surface area contributed by atoms with Crippen molar-refractivity contribution in [2.24, 2.45) is 5.92 Å². The Morgan fingerprint density at radius 2 is 2.12 bits per heavy atom. The van der Waals surface area contributed by atoms with Gasteiger partial charge < -0.3 is 10.2 Å². The van der Waals surface area contributed by atoms with Gasteiger partial charge in [0.15, 0.2) is 0 Å². The molecule has 7 heteroatoms. The van der Waals surface area contributed by atoms with E-state index in [1.807, 2.05) is 0 Å². The van der Waals surface area contributed by atoms with Crippen LogP contribution < -0.4 is 10.2 Å². The maximum atomic E-state index is 13.3. The molecule has 0 bridgehead atoms. The van der Waals surface area contributed by atoms with Gasteiger partial charge in [0.25, 0.3) is 0 Å². The van der Waals surface area contributed by atoms with Crippen molar-refractivity contribution in [3.63, 3.8) is 0 Å². The summed E-state index contributed by atoms with van der Waals surface area (Å²) in [6.07, 6.45) is 0.355. The van der Waals surface area contributed by atoms with E-state index < -0.39 is 17.6 Å². The maximum absolute atomic E-state index is 13.3. The van der Waals surface area contributed by atoms with Crippen molar-refractivity contribution in [2.75, 3.05) is 11.4 Å². The van der Waals surface area contributed by atoms with Crippen LogP contribution >= 0.6 is 11.6 Å². The second-order valence-corrected chi connectivity index (χ2v) is 6.39. The second-order valence-electron chi connectivity index (χ2n) is 5.96. The summed E-state index contributed by atoms with van der Waals surface area (Å²) in [5.41, 5.74) is 1.41. The van der Waals surface area contributed by atoms with Crippen LogP contribution in [0.15, 0.2) is 42.5 Å². The van der Waals surface area contributed by atoms with E-state index in [4.69, 9.17) is 11.6 Å². The zero-order chi connectivity index (χ0) is 18.7. The fraction of sp³-hybridized carbons (Fsp3) is 0.211. The highest BCUT2D eigenvalue weighted by molar-refractivity contribution is 6.30. The van der Waals surface area contributed by atoms with E-state index in [-0.39, 0.29) is 17.5 Å². The Bertz CT molecular complexity index is 890. The van der Waals surface area contributed by atoms with E-state index in [0.29, 0.717) is 29.8 Å². The van der Waals surface area contributed by atoms with Crippen LogP contribution in [-0.2, 0) is 16.1 Å². The summed E-state index contributed by atoms with van der Waals surface area (Å²) in [6.45, 7) is 0.441. The predicted molar refractivity (Wildman–Crippen MR) is 94.9 cm³/mol. The Balaban J connectivity index is 1.68. The molecule has 1 aliphatic rings. The van der Waals surface area contributed by atoms with E-state index in [9.17, 15) is 19.2 Å². The SMILES string of the molecule is N#Cc1ccccc1N1CCC(C(=O)NCc2cc(F)cc(Cl)c2)C1=O. The van der Waals surface area contributed by atoms with Gasteiger partial charge in [0.05, 0.1) is 11.3 Å². The minimum absolute atomic E-state index is 0.0782. The molecular weight excluding hydrogens is 357 g/mol. The van der Waals surface area contributed by atoms with Gasteiger partial charge in [-0.3, -0.25) is 9.59 Å². The van der Waals surface area contributed by atoms with Gasteiger partial charge in [-0.25, -0.2) is 4.39 Å². The third-order valence-electron chi connectivity index (χ3n) is 4.23. The molecule has 1 aliphatic heterocycles. The van der Waals surface area contributed by atoms with E-state index in [1.54, 1.807) is 30.3 Å². The highest BCUT2D eigenvalue weighted by Gasteiger charge is 2.38. The molecule has 1 saturated heterocycles. The molecule has 0 aromatic heterocycles. The predicted octanol–water partition coefficient (Wildman–Crippen LogP) is 3.02. The Labute approximate surface area is 155 Å². The number of nitriles is 1. The van der Waals surface area contributed by atoms with Gasteiger partial charge in [-0.2, -0.15) is 5.26 Å². The van der Waals surface area contributed by atoms with E-state index in [2.05, 4.69) is 11.4 Å². The maximum Gasteiger partial charge on any atom is 0.239 e. The molecule has 132 valence electrons. The summed E-state index contributed by atoms with van der Waals surface area (Å²) in [6, 6.07) is 12.8. The van der Waals surface area contributed by atoms with Gasteiger partial charge in [-0.1, -0.05) is 23.7 Å². The Hall–Kier alpha value is -2.91. The molecule has 1 heterocycles. The van der Waals surface area contributed by atoms with Crippen LogP contribution in [0, 0.1) is 23.1 Å². The molecule has 3 rings (SSSR count). The van der Waals surface area contributed by atoms with Crippen LogP contribution in [0.4, 0.5) is 10.1 Å². The zero-order valence-corrected chi connectivity index (χ0v) is 14.5. The summed E-state index contributed by atoms with van der Waals surface area (Å²) < 4.78 is 13.3. The third kappa shape index (κ3) is 3.68. The molecule has 26 heavy (non-hydrogen) atoms. The molecule has 1 fully saturated rings. The van der Waals surface area contributed by atoms with Crippen molar-refractivity contribution in [3.8, 4) is 6.07 Å². The molecule has 0 saturated carbocycles. The molecule has 1 N–H and O–H groups in total. The topological polar surface area (TPSA) is 73.2 Å². The quantitative estimate of drug-likeness (QED) is 0.839. The van der Waals surface area contributed by atoms with E-state index >= 15 is 0 Å². The molecule has 2 aromatic carbocycles. The molecule has 0 spiro atoms. The molecule has 2 amide bonds. The summed E-state index contributed by atoms with van der Waals surface area (Å²) in [5.74, 6) is -2.08. The van der Waals surface area contributed by atoms with Gasteiger partial charge in [-0.05, 0) is 42.3 Å². The Morgan fingerprint density at radius 3 is 2.85 bits per heavy atom. The number of nitrogens with zero attached hydrogens (tertiary/aromatic N) is 2. The Kier molecular flexibility index (Phi) is 5.19. The lowest BCUT2D eigenvalue weighted by atomic mass is 10.1. The number of carbonyl (C=O) groups excluding carboxylic acids is 2. The number of nitrogens with one attached hydrogen (secondary N) is 1. The smallest absolute Gasteiger partial charge is 0.239 e. The first-order chi connectivity index (χ1) is 12.5. The number of hydrogen-bond donors (Lipinski definition) is 1. The highest BCUT2D eigenvalue weighted by Crippen LogP contribution is 2.28. The first-order valence-corrected chi connectivity index (χ1v) is 8.40. The van der Waals surface area contributed by atoms with Gasteiger partial charge in [0, 0.05) is 18.1 Å². The number of para-hydroxylation sites is 1. The average molecular weight is 372 g/mol. The average Bonchev–Trinajstić information content (AvgIpc) is 3.00. The minimum Gasteiger partial charge on any atom is -0.351 e. The van der Waals surface area contributed by atoms with Gasteiger partial charge >= 0.3 is 0 Å². The number of benzene rings is 2. The van der Waals surface area contributed by atoms with Crippen LogP contribution in [0.3, 0.4) is 0 Å². The largest absolute Gasteiger partial charge is 0.351 e. The normalized spacial score (nSPS) is 16.4. The first-order valence-electron chi connectivity index (χ1n) is 8.03. The lowest BCUT2D eigenvalue weighted by Crippen LogP contribution is -2.36. The molecular formula is C19H15ClFN3O2. The molecule has 2 aromatic rings. The van der Waals surface area contributed by atoms with Crippen molar-refractivity contribution in [2.45, 2.75) is 13.0 Å². The van der Waals surface area contributed by atoms with E-state index in [1.165, 1.54) is 17.0 Å². The van der Waals surface area contributed by atoms with Crippen LogP contribution in [0.2, 0.25) is 5.02 Å². The van der Waals surface area contributed by atoms with Crippen molar-refractivity contribution < 1.29 is 14.0 Å². The minimum atomic E-state index is -0.828. The van der Waals surface area contributed by atoms with Crippen molar-refractivity contribution in [3.05, 3.63) is 64.4 Å². The van der Waals surface area contributed by atoms with Crippen molar-refractivity contribution >= 4 is 29.1 Å². The van der Waals surface area contributed by atoms with Gasteiger partial charge in [0.2, 0.25) is 11.8 Å². The summed E-state index contributed by atoms with van der Waals surface area (Å²) in [5, 5.41) is 12.1. The Morgan fingerprint density at radius 1 is 1.35 bits per heavy atom. The lowest BCUT2D eigenvalue weighted by molar-refractivity contribution is -0.132. The number of halogens is 2. The van der Waals surface area contributed by atoms with Crippen molar-refractivity contribution in [1.82, 2.24) is 5.32 Å². The monoisotopic (exact) mass is 371 g/mol. The number of amides is 2. The van der Waals surface area contributed by atoms with Crippen LogP contribution in [0.1, 0.15) is 17.5 Å². The van der Waals surface area contributed by atoms with Crippen LogP contribution in [0.25, 0.3) is 0 Å². The fourth-order valence-corrected chi connectivity index (χ4v) is 3.24. The van der Waals surface area contributed by atoms with Crippen LogP contribution in [0.5, 0.6) is 0 Å². The standard InChI is InChI=1S/C19H15ClFN3O2/c20-14-7-12(8-15(21)9-14)11-23-18(25)16-5-6-24(19(16)26)17-4-2-1-3-13(17)10-22/h1-4,7-9,16H,5-6,11H2,(H,23,25). The third-order valence-corrected chi connectivity index (χ3v) is 4.44. The molecule has 0 radical (unpaired) electrons. The van der Waals surface area contributed by atoms with E-state index in [0.717, 1.165) is 0 Å². The number of carbonyl (C=O) groups is 2. The number of rotatable bonds is 4. The fourth-order valence-electron chi connectivity index (χ4n) is 2.99. The number of anilines is 1. The zero-order valence-electron chi connectivity index (χ0n) is 13.7. The highest BCUT2D eigenvalue weighted by atomic mass is 35.5. The van der Waals surface area contributed by atoms with Gasteiger partial charge in [0.1, 0.15) is 17.8 Å². The first kappa shape index (κ1) is 17.9. The van der Waals surface area contributed by atoms with Gasteiger partial charge in [-0.15, -0.1) is 0 Å². The number of hydrogen-bond acceptors (Lipinski definition) is 3. The summed E-state index contributed by atoms with van der Waals surface area (Å²) in [7, 11) is 0.